The van der Waals surface area contributed by atoms with Gasteiger partial charge < -0.3 is 9.47 Å². The van der Waals surface area contributed by atoms with Gasteiger partial charge >= 0.3 is 5.97 Å². The summed E-state index contributed by atoms with van der Waals surface area (Å²) in [6.45, 7) is 1.45. The van der Waals surface area contributed by atoms with Gasteiger partial charge in [0.15, 0.2) is 0 Å². The second kappa shape index (κ2) is 8.06. The largest absolute Gasteiger partial charge is 0.462 e. The lowest BCUT2D eigenvalue weighted by atomic mass is 10.2. The van der Waals surface area contributed by atoms with Crippen LogP contribution in [0.25, 0.3) is 0 Å². The monoisotopic (exact) mass is 338 g/mol. The van der Waals surface area contributed by atoms with Gasteiger partial charge in [-0.25, -0.2) is 13.2 Å². The van der Waals surface area contributed by atoms with Crippen LogP contribution in [0.15, 0.2) is 29.2 Å². The third kappa shape index (κ3) is 4.51. The maximum absolute atomic E-state index is 12.5. The standard InChI is InChI=1S/C15H18N2O5S/c16-6-1-2-9-22-15(18)13-4-3-5-14(12-13)23(19,20)17-7-10-21-11-8-17/h3-5,12H,1-2,7-11H2. The Labute approximate surface area is 135 Å². The number of morpholine rings is 1. The summed E-state index contributed by atoms with van der Waals surface area (Å²) < 4.78 is 36.6. The minimum absolute atomic E-state index is 0.0610. The molecule has 1 aliphatic rings. The first-order valence-corrected chi connectivity index (χ1v) is 8.72. The van der Waals surface area contributed by atoms with Crippen molar-refractivity contribution in [3.05, 3.63) is 29.8 Å². The van der Waals surface area contributed by atoms with E-state index in [0.29, 0.717) is 39.1 Å². The number of unbranched alkanes of at least 4 members (excludes halogenated alkanes) is 1. The summed E-state index contributed by atoms with van der Waals surface area (Å²) in [5, 5.41) is 8.43. The lowest BCUT2D eigenvalue weighted by molar-refractivity contribution is 0.0501. The number of hydrogen-bond acceptors (Lipinski definition) is 6. The minimum atomic E-state index is -3.64. The summed E-state index contributed by atoms with van der Waals surface area (Å²) in [7, 11) is -3.64. The van der Waals surface area contributed by atoms with Gasteiger partial charge in [0, 0.05) is 19.5 Å². The molecule has 1 heterocycles. The van der Waals surface area contributed by atoms with Crippen molar-refractivity contribution in [3.8, 4) is 6.07 Å². The molecule has 1 aliphatic heterocycles. The maximum Gasteiger partial charge on any atom is 0.338 e. The number of ether oxygens (including phenoxy) is 2. The predicted molar refractivity (Wildman–Crippen MR) is 81.1 cm³/mol. The molecule has 1 aromatic carbocycles. The fraction of sp³-hybridized carbons (Fsp3) is 0.467. The van der Waals surface area contributed by atoms with Crippen LogP contribution in [0.4, 0.5) is 0 Å². The van der Waals surface area contributed by atoms with Crippen LogP contribution in [0.5, 0.6) is 0 Å². The Balaban J connectivity index is 2.09. The molecule has 1 fully saturated rings. The van der Waals surface area contributed by atoms with Gasteiger partial charge in [0.05, 0.1) is 36.3 Å². The van der Waals surface area contributed by atoms with E-state index in [1.165, 1.54) is 28.6 Å². The van der Waals surface area contributed by atoms with E-state index in [4.69, 9.17) is 14.7 Å². The highest BCUT2D eigenvalue weighted by Gasteiger charge is 2.26. The molecule has 124 valence electrons. The van der Waals surface area contributed by atoms with E-state index in [1.807, 2.05) is 6.07 Å². The second-order valence-electron chi connectivity index (χ2n) is 4.94. The summed E-state index contributed by atoms with van der Waals surface area (Å²) in [6, 6.07) is 7.75. The molecule has 0 unspecified atom stereocenters. The lowest BCUT2D eigenvalue weighted by Gasteiger charge is -2.26. The highest BCUT2D eigenvalue weighted by molar-refractivity contribution is 7.89. The number of nitrogens with zero attached hydrogens (tertiary/aromatic N) is 2. The van der Waals surface area contributed by atoms with Gasteiger partial charge in [-0.2, -0.15) is 9.57 Å². The number of sulfonamides is 1. The van der Waals surface area contributed by atoms with Gasteiger partial charge in [-0.1, -0.05) is 6.07 Å². The Bertz CT molecular complexity index is 690. The molecular formula is C15H18N2O5S. The van der Waals surface area contributed by atoms with Gasteiger partial charge in [-0.05, 0) is 24.6 Å². The van der Waals surface area contributed by atoms with Crippen molar-refractivity contribution in [2.24, 2.45) is 0 Å². The average Bonchev–Trinajstić information content (AvgIpc) is 2.59. The summed E-state index contributed by atoms with van der Waals surface area (Å²) >= 11 is 0. The molecule has 0 spiro atoms. The zero-order valence-electron chi connectivity index (χ0n) is 12.6. The number of esters is 1. The van der Waals surface area contributed by atoms with Gasteiger partial charge in [0.2, 0.25) is 10.0 Å². The first-order valence-electron chi connectivity index (χ1n) is 7.28. The molecule has 2 rings (SSSR count). The maximum atomic E-state index is 12.5. The van der Waals surface area contributed by atoms with Crippen LogP contribution in [0.1, 0.15) is 23.2 Å². The summed E-state index contributed by atoms with van der Waals surface area (Å²) in [5.74, 6) is -0.595. The van der Waals surface area contributed by atoms with E-state index < -0.39 is 16.0 Å². The smallest absolute Gasteiger partial charge is 0.338 e. The van der Waals surface area contributed by atoms with E-state index in [-0.39, 0.29) is 17.1 Å². The van der Waals surface area contributed by atoms with E-state index in [9.17, 15) is 13.2 Å². The number of benzene rings is 1. The van der Waals surface area contributed by atoms with E-state index in [0.717, 1.165) is 0 Å². The fourth-order valence-electron chi connectivity index (χ4n) is 2.12. The Morgan fingerprint density at radius 2 is 2.09 bits per heavy atom. The number of carbonyl (C=O) groups is 1. The van der Waals surface area contributed by atoms with Crippen LogP contribution in [-0.2, 0) is 19.5 Å². The van der Waals surface area contributed by atoms with Crippen LogP contribution in [0.3, 0.4) is 0 Å². The molecule has 7 nitrogen and oxygen atoms in total. The first kappa shape index (κ1) is 17.4. The van der Waals surface area contributed by atoms with Crippen LogP contribution >= 0.6 is 0 Å². The summed E-state index contributed by atoms with van der Waals surface area (Å²) in [5.41, 5.74) is 0.177. The van der Waals surface area contributed by atoms with Gasteiger partial charge in [-0.15, -0.1) is 0 Å². The molecule has 23 heavy (non-hydrogen) atoms. The van der Waals surface area contributed by atoms with E-state index in [1.54, 1.807) is 0 Å². The molecule has 0 N–H and O–H groups in total. The zero-order valence-corrected chi connectivity index (χ0v) is 13.4. The normalized spacial score (nSPS) is 15.8. The van der Waals surface area contributed by atoms with Crippen LogP contribution in [-0.4, -0.2) is 51.6 Å². The zero-order chi connectivity index (χ0) is 16.7. The van der Waals surface area contributed by atoms with Crippen molar-refractivity contribution in [1.29, 1.82) is 5.26 Å². The first-order chi connectivity index (χ1) is 11.1. The third-order valence-electron chi connectivity index (χ3n) is 3.34. The Kier molecular flexibility index (Phi) is 6.10. The quantitative estimate of drug-likeness (QED) is 0.570. The van der Waals surface area contributed by atoms with Crippen molar-refractivity contribution < 1.29 is 22.7 Å². The van der Waals surface area contributed by atoms with E-state index in [2.05, 4.69) is 0 Å². The molecule has 1 saturated heterocycles. The molecule has 0 saturated carbocycles. The number of carbonyl (C=O) groups excluding carboxylic acids is 1. The van der Waals surface area contributed by atoms with Crippen LogP contribution in [0.2, 0.25) is 0 Å². The number of rotatable bonds is 6. The summed E-state index contributed by atoms with van der Waals surface area (Å²) in [6.07, 6.45) is 0.757. The number of hydrogen-bond donors (Lipinski definition) is 0. The molecule has 0 atom stereocenters. The van der Waals surface area contributed by atoms with Crippen molar-refractivity contribution >= 4 is 16.0 Å². The Morgan fingerprint density at radius 1 is 1.35 bits per heavy atom. The van der Waals surface area contributed by atoms with Gasteiger partial charge in [0.1, 0.15) is 0 Å². The third-order valence-corrected chi connectivity index (χ3v) is 5.24. The van der Waals surface area contributed by atoms with Crippen molar-refractivity contribution in [2.45, 2.75) is 17.7 Å². The van der Waals surface area contributed by atoms with Crippen molar-refractivity contribution in [1.82, 2.24) is 4.31 Å². The highest BCUT2D eigenvalue weighted by Crippen LogP contribution is 2.18. The molecule has 8 heteroatoms. The van der Waals surface area contributed by atoms with Crippen molar-refractivity contribution in [3.63, 3.8) is 0 Å². The van der Waals surface area contributed by atoms with Crippen LogP contribution < -0.4 is 0 Å². The fourth-order valence-corrected chi connectivity index (χ4v) is 3.57. The van der Waals surface area contributed by atoms with Gasteiger partial charge in [0.25, 0.3) is 0 Å². The summed E-state index contributed by atoms with van der Waals surface area (Å²) in [4.78, 5) is 12.0. The van der Waals surface area contributed by atoms with E-state index >= 15 is 0 Å². The minimum Gasteiger partial charge on any atom is -0.462 e. The highest BCUT2D eigenvalue weighted by atomic mass is 32.2. The Morgan fingerprint density at radius 3 is 2.78 bits per heavy atom. The molecule has 0 aromatic heterocycles. The number of nitriles is 1. The Hall–Kier alpha value is -1.95. The molecular weight excluding hydrogens is 320 g/mol. The SMILES string of the molecule is N#CCCCOC(=O)c1cccc(S(=O)(=O)N2CCOCC2)c1. The molecule has 0 aliphatic carbocycles. The molecule has 0 amide bonds. The second-order valence-corrected chi connectivity index (χ2v) is 6.88. The predicted octanol–water partition coefficient (Wildman–Crippen LogP) is 1.17. The lowest BCUT2D eigenvalue weighted by Crippen LogP contribution is -2.40. The molecule has 0 bridgehead atoms. The van der Waals surface area contributed by atoms with Crippen molar-refractivity contribution in [2.75, 3.05) is 32.9 Å². The molecule has 0 radical (unpaired) electrons. The molecule has 1 aromatic rings. The van der Waals surface area contributed by atoms with Gasteiger partial charge in [-0.3, -0.25) is 0 Å². The topological polar surface area (TPSA) is 96.7 Å². The van der Waals surface area contributed by atoms with Crippen LogP contribution in [0, 0.1) is 11.3 Å². The average molecular weight is 338 g/mol.